The molecule has 0 fully saturated rings. The van der Waals surface area contributed by atoms with Crippen molar-refractivity contribution in [3.05, 3.63) is 33.8 Å². The van der Waals surface area contributed by atoms with E-state index in [1.807, 2.05) is 0 Å². The molecule has 3 nitrogen and oxygen atoms in total. The Morgan fingerprint density at radius 3 is 2.62 bits per heavy atom. The summed E-state index contributed by atoms with van der Waals surface area (Å²) in [6, 6.07) is 4.80. The zero-order valence-corrected chi connectivity index (χ0v) is 10.4. The van der Waals surface area contributed by atoms with E-state index in [-0.39, 0.29) is 18.9 Å². The molecular formula is C11H13Cl2NO2. The Morgan fingerprint density at radius 2 is 2.06 bits per heavy atom. The monoisotopic (exact) mass is 261 g/mol. The highest BCUT2D eigenvalue weighted by Crippen LogP contribution is 2.22. The van der Waals surface area contributed by atoms with Crippen LogP contribution in [0.1, 0.15) is 10.4 Å². The van der Waals surface area contributed by atoms with E-state index in [1.165, 1.54) is 0 Å². The van der Waals surface area contributed by atoms with E-state index >= 15 is 0 Å². The lowest BCUT2D eigenvalue weighted by Gasteiger charge is -2.13. The molecule has 0 saturated heterocycles. The third-order valence-electron chi connectivity index (χ3n) is 2.14. The van der Waals surface area contributed by atoms with Crippen molar-refractivity contribution >= 4 is 29.0 Å². The fourth-order valence-electron chi connectivity index (χ4n) is 1.26. The fraction of sp³-hybridized carbons (Fsp3) is 0.364. The number of ketones is 1. The maximum Gasteiger partial charge on any atom is 0.176 e. The van der Waals surface area contributed by atoms with Crippen molar-refractivity contribution in [3.8, 4) is 0 Å². The standard InChI is InChI=1S/C11H13Cl2NO2/c1-14(4-5-15)7-11(16)8-2-3-9(12)10(13)6-8/h2-3,6,15H,4-5,7H2,1H3. The number of halogens is 2. The number of aliphatic hydroxyl groups is 1. The minimum absolute atomic E-state index is 0.0329. The Hall–Kier alpha value is -0.610. The fourth-order valence-corrected chi connectivity index (χ4v) is 1.55. The third-order valence-corrected chi connectivity index (χ3v) is 2.88. The van der Waals surface area contributed by atoms with Crippen LogP contribution < -0.4 is 0 Å². The normalized spacial score (nSPS) is 10.8. The van der Waals surface area contributed by atoms with Gasteiger partial charge in [-0.3, -0.25) is 9.69 Å². The second kappa shape index (κ2) is 6.21. The molecule has 0 heterocycles. The zero-order valence-electron chi connectivity index (χ0n) is 8.91. The van der Waals surface area contributed by atoms with Crippen LogP contribution in [0.25, 0.3) is 0 Å². The molecule has 16 heavy (non-hydrogen) atoms. The lowest BCUT2D eigenvalue weighted by molar-refractivity contribution is 0.0936. The Labute approximate surface area is 105 Å². The van der Waals surface area contributed by atoms with Crippen LogP contribution in [0.4, 0.5) is 0 Å². The number of nitrogens with zero attached hydrogens (tertiary/aromatic N) is 1. The van der Waals surface area contributed by atoms with Crippen molar-refractivity contribution in [1.82, 2.24) is 4.90 Å². The molecule has 0 aromatic heterocycles. The molecule has 1 N–H and O–H groups in total. The van der Waals surface area contributed by atoms with Gasteiger partial charge in [0, 0.05) is 12.1 Å². The van der Waals surface area contributed by atoms with Gasteiger partial charge in [0.05, 0.1) is 23.2 Å². The molecular weight excluding hydrogens is 249 g/mol. The molecule has 1 aromatic carbocycles. The van der Waals surface area contributed by atoms with Crippen molar-refractivity contribution in [3.63, 3.8) is 0 Å². The van der Waals surface area contributed by atoms with Gasteiger partial charge in [-0.25, -0.2) is 0 Å². The van der Waals surface area contributed by atoms with Gasteiger partial charge in [0.15, 0.2) is 5.78 Å². The number of likely N-dealkylation sites (N-methyl/N-ethyl adjacent to an activating group) is 1. The summed E-state index contributed by atoms with van der Waals surface area (Å²) in [6.45, 7) is 0.747. The second-order valence-corrected chi connectivity index (χ2v) is 4.33. The predicted octanol–water partition coefficient (Wildman–Crippen LogP) is 2.10. The summed E-state index contributed by atoms with van der Waals surface area (Å²) in [7, 11) is 1.77. The molecule has 0 radical (unpaired) electrons. The molecule has 0 aliphatic rings. The molecule has 0 spiro atoms. The number of carbonyl (C=O) groups excluding carboxylic acids is 1. The number of aliphatic hydroxyl groups excluding tert-OH is 1. The number of hydrogen-bond donors (Lipinski definition) is 1. The summed E-state index contributed by atoms with van der Waals surface area (Å²) in [5.41, 5.74) is 0.527. The van der Waals surface area contributed by atoms with Crippen molar-refractivity contribution in [2.45, 2.75) is 0 Å². The molecule has 88 valence electrons. The van der Waals surface area contributed by atoms with Gasteiger partial charge in [0.1, 0.15) is 0 Å². The van der Waals surface area contributed by atoms with Crippen LogP contribution in [0.5, 0.6) is 0 Å². The van der Waals surface area contributed by atoms with Gasteiger partial charge in [-0.15, -0.1) is 0 Å². The number of benzene rings is 1. The highest BCUT2D eigenvalue weighted by atomic mass is 35.5. The topological polar surface area (TPSA) is 40.5 Å². The Balaban J connectivity index is 2.69. The lowest BCUT2D eigenvalue weighted by Crippen LogP contribution is -2.28. The molecule has 0 saturated carbocycles. The van der Waals surface area contributed by atoms with E-state index < -0.39 is 0 Å². The van der Waals surface area contributed by atoms with E-state index in [2.05, 4.69) is 0 Å². The summed E-state index contributed by atoms with van der Waals surface area (Å²) in [5.74, 6) is -0.0467. The van der Waals surface area contributed by atoms with Crippen LogP contribution in [-0.4, -0.2) is 42.5 Å². The van der Waals surface area contributed by atoms with Crippen molar-refractivity contribution in [2.75, 3.05) is 26.7 Å². The van der Waals surface area contributed by atoms with E-state index in [4.69, 9.17) is 28.3 Å². The predicted molar refractivity (Wildman–Crippen MR) is 65.4 cm³/mol. The quantitative estimate of drug-likeness (QED) is 0.826. The van der Waals surface area contributed by atoms with Crippen LogP contribution in [0, 0.1) is 0 Å². The Kier molecular flexibility index (Phi) is 5.22. The Bertz CT molecular complexity index is 382. The van der Waals surface area contributed by atoms with Gasteiger partial charge in [0.2, 0.25) is 0 Å². The zero-order chi connectivity index (χ0) is 12.1. The van der Waals surface area contributed by atoms with Gasteiger partial charge in [-0.05, 0) is 25.2 Å². The first-order valence-corrected chi connectivity index (χ1v) is 5.58. The van der Waals surface area contributed by atoms with Crippen molar-refractivity contribution in [2.24, 2.45) is 0 Å². The molecule has 0 bridgehead atoms. The van der Waals surface area contributed by atoms with E-state index in [0.717, 1.165) is 0 Å². The minimum atomic E-state index is -0.0467. The maximum atomic E-state index is 11.8. The summed E-state index contributed by atoms with van der Waals surface area (Å²) in [5, 5.41) is 9.51. The summed E-state index contributed by atoms with van der Waals surface area (Å²) < 4.78 is 0. The minimum Gasteiger partial charge on any atom is -0.395 e. The largest absolute Gasteiger partial charge is 0.395 e. The average Bonchev–Trinajstić information content (AvgIpc) is 2.22. The van der Waals surface area contributed by atoms with Gasteiger partial charge < -0.3 is 5.11 Å². The van der Waals surface area contributed by atoms with Crippen LogP contribution in [0.2, 0.25) is 10.0 Å². The summed E-state index contributed by atoms with van der Waals surface area (Å²) in [4.78, 5) is 13.5. The molecule has 0 aliphatic heterocycles. The van der Waals surface area contributed by atoms with Crippen LogP contribution >= 0.6 is 23.2 Å². The van der Waals surface area contributed by atoms with Crippen molar-refractivity contribution in [1.29, 1.82) is 0 Å². The van der Waals surface area contributed by atoms with E-state index in [9.17, 15) is 4.79 Å². The first-order chi connectivity index (χ1) is 7.54. The van der Waals surface area contributed by atoms with Gasteiger partial charge in [-0.2, -0.15) is 0 Å². The molecule has 0 atom stereocenters. The average molecular weight is 262 g/mol. The number of rotatable bonds is 5. The first kappa shape index (κ1) is 13.5. The lowest BCUT2D eigenvalue weighted by atomic mass is 10.1. The van der Waals surface area contributed by atoms with Gasteiger partial charge in [-0.1, -0.05) is 23.2 Å². The van der Waals surface area contributed by atoms with Gasteiger partial charge >= 0.3 is 0 Å². The van der Waals surface area contributed by atoms with E-state index in [0.29, 0.717) is 22.2 Å². The SMILES string of the molecule is CN(CCO)CC(=O)c1ccc(Cl)c(Cl)c1. The molecule has 0 amide bonds. The molecule has 1 rings (SSSR count). The third kappa shape index (κ3) is 3.76. The summed E-state index contributed by atoms with van der Waals surface area (Å²) >= 11 is 11.6. The summed E-state index contributed by atoms with van der Waals surface area (Å²) in [6.07, 6.45) is 0. The highest BCUT2D eigenvalue weighted by molar-refractivity contribution is 6.42. The molecule has 0 aliphatic carbocycles. The van der Waals surface area contributed by atoms with E-state index in [1.54, 1.807) is 30.1 Å². The second-order valence-electron chi connectivity index (χ2n) is 3.51. The number of hydrogen-bond acceptors (Lipinski definition) is 3. The molecule has 0 unspecified atom stereocenters. The van der Waals surface area contributed by atoms with Crippen LogP contribution in [0.3, 0.4) is 0 Å². The van der Waals surface area contributed by atoms with Gasteiger partial charge in [0.25, 0.3) is 0 Å². The first-order valence-electron chi connectivity index (χ1n) is 4.82. The molecule has 1 aromatic rings. The van der Waals surface area contributed by atoms with Crippen molar-refractivity contribution < 1.29 is 9.90 Å². The van der Waals surface area contributed by atoms with Crippen LogP contribution in [-0.2, 0) is 0 Å². The molecule has 5 heteroatoms. The Morgan fingerprint density at radius 1 is 1.38 bits per heavy atom. The van der Waals surface area contributed by atoms with Crippen LogP contribution in [0.15, 0.2) is 18.2 Å². The maximum absolute atomic E-state index is 11.8. The smallest absolute Gasteiger partial charge is 0.176 e. The highest BCUT2D eigenvalue weighted by Gasteiger charge is 2.10. The number of carbonyl (C=O) groups is 1. The number of Topliss-reactive ketones (excluding diaryl/α,β-unsaturated/α-hetero) is 1.